The molecule has 1 rings (SSSR count). The van der Waals surface area contributed by atoms with E-state index in [1.807, 2.05) is 0 Å². The van der Waals surface area contributed by atoms with Crippen LogP contribution >= 0.6 is 0 Å². The molecule has 3 N–H and O–H groups in total. The first-order valence-corrected chi connectivity index (χ1v) is 5.00. The van der Waals surface area contributed by atoms with Crippen molar-refractivity contribution in [3.05, 3.63) is 24.0 Å². The topological polar surface area (TPSA) is 96.5 Å². The number of hydrogen-bond donors (Lipinski definition) is 2. The molecule has 0 saturated heterocycles. The van der Waals surface area contributed by atoms with Crippen LogP contribution in [0.15, 0.2) is 18.3 Å². The second-order valence-corrected chi connectivity index (χ2v) is 4.17. The first kappa shape index (κ1) is 13.0. The Morgan fingerprint density at radius 3 is 2.53 bits per heavy atom. The predicted molar refractivity (Wildman–Crippen MR) is 62.5 cm³/mol. The largest absolute Gasteiger partial charge is 0.480 e. The van der Waals surface area contributed by atoms with Gasteiger partial charge in [-0.25, -0.2) is 9.78 Å². The summed E-state index contributed by atoms with van der Waals surface area (Å²) in [4.78, 5) is 28.0. The molecule has 17 heavy (non-hydrogen) atoms. The van der Waals surface area contributed by atoms with E-state index in [1.54, 1.807) is 12.1 Å². The minimum Gasteiger partial charge on any atom is -0.480 e. The zero-order chi connectivity index (χ0) is 13.2. The van der Waals surface area contributed by atoms with Gasteiger partial charge in [-0.1, -0.05) is 0 Å². The normalized spacial score (nSPS) is 11.0. The van der Waals surface area contributed by atoms with Gasteiger partial charge in [0.2, 0.25) is 0 Å². The molecule has 0 radical (unpaired) electrons. The van der Waals surface area contributed by atoms with Gasteiger partial charge in [-0.3, -0.25) is 4.79 Å². The number of anilines is 1. The molecular formula is C11H15N3O3. The van der Waals surface area contributed by atoms with Gasteiger partial charge in [-0.2, -0.15) is 0 Å². The number of carboxylic acids is 1. The highest BCUT2D eigenvalue weighted by molar-refractivity contribution is 5.99. The fraction of sp³-hybridized carbons (Fsp3) is 0.364. The number of carbonyl (C=O) groups is 2. The summed E-state index contributed by atoms with van der Waals surface area (Å²) in [5.74, 6) is -1.61. The highest BCUT2D eigenvalue weighted by Gasteiger charge is 2.36. The van der Waals surface area contributed by atoms with E-state index in [9.17, 15) is 9.59 Å². The second kappa shape index (κ2) is 4.40. The van der Waals surface area contributed by atoms with Crippen LogP contribution in [0.1, 0.15) is 24.3 Å². The Labute approximate surface area is 99.1 Å². The number of nitrogen functional groups attached to an aromatic ring is 1. The third-order valence-corrected chi connectivity index (χ3v) is 2.71. The predicted octanol–water partition coefficient (Wildman–Crippen LogP) is 0.599. The van der Waals surface area contributed by atoms with E-state index in [2.05, 4.69) is 4.98 Å². The average Bonchev–Trinajstić information content (AvgIpc) is 2.27. The van der Waals surface area contributed by atoms with Gasteiger partial charge in [0.25, 0.3) is 5.91 Å². The van der Waals surface area contributed by atoms with Crippen LogP contribution in [0.4, 0.5) is 5.69 Å². The Kier molecular flexibility index (Phi) is 3.36. The molecule has 0 aromatic carbocycles. The summed E-state index contributed by atoms with van der Waals surface area (Å²) < 4.78 is 0. The van der Waals surface area contributed by atoms with E-state index in [0.29, 0.717) is 0 Å². The van der Waals surface area contributed by atoms with Crippen molar-refractivity contribution >= 4 is 17.6 Å². The SMILES string of the molecule is CN(C(=O)c1ncccc1N)C(C)(C)C(=O)O. The lowest BCUT2D eigenvalue weighted by atomic mass is 10.0. The average molecular weight is 237 g/mol. The lowest BCUT2D eigenvalue weighted by Gasteiger charge is -2.31. The second-order valence-electron chi connectivity index (χ2n) is 4.17. The summed E-state index contributed by atoms with van der Waals surface area (Å²) in [5.41, 5.74) is 4.59. The summed E-state index contributed by atoms with van der Waals surface area (Å²) in [6.45, 7) is 2.87. The van der Waals surface area contributed by atoms with Gasteiger partial charge in [0.1, 0.15) is 5.54 Å². The number of hydrogen-bond acceptors (Lipinski definition) is 4. The van der Waals surface area contributed by atoms with Crippen molar-refractivity contribution in [2.24, 2.45) is 0 Å². The summed E-state index contributed by atoms with van der Waals surface area (Å²) in [6.07, 6.45) is 1.44. The van der Waals surface area contributed by atoms with Crippen molar-refractivity contribution in [1.82, 2.24) is 9.88 Å². The summed E-state index contributed by atoms with van der Waals surface area (Å²) in [6, 6.07) is 3.15. The highest BCUT2D eigenvalue weighted by atomic mass is 16.4. The molecule has 6 heteroatoms. The van der Waals surface area contributed by atoms with Gasteiger partial charge in [0, 0.05) is 13.2 Å². The lowest BCUT2D eigenvalue weighted by molar-refractivity contribution is -0.147. The Balaban J connectivity index is 3.07. The Morgan fingerprint density at radius 1 is 1.47 bits per heavy atom. The van der Waals surface area contributed by atoms with E-state index in [0.717, 1.165) is 4.90 Å². The van der Waals surface area contributed by atoms with Crippen LogP contribution in [0.2, 0.25) is 0 Å². The van der Waals surface area contributed by atoms with Crippen molar-refractivity contribution in [2.75, 3.05) is 12.8 Å². The number of likely N-dealkylation sites (N-methyl/N-ethyl adjacent to an activating group) is 1. The molecule has 0 unspecified atom stereocenters. The standard InChI is InChI=1S/C11H15N3O3/c1-11(2,10(16)17)14(3)9(15)8-7(12)5-4-6-13-8/h4-6H,12H2,1-3H3,(H,16,17). The number of aromatic nitrogens is 1. The van der Waals surface area contributed by atoms with Gasteiger partial charge in [-0.15, -0.1) is 0 Å². The molecule has 1 heterocycles. The number of pyridine rings is 1. The first-order chi connectivity index (χ1) is 7.78. The van der Waals surface area contributed by atoms with E-state index < -0.39 is 17.4 Å². The van der Waals surface area contributed by atoms with Crippen LogP contribution < -0.4 is 5.73 Å². The molecule has 0 aliphatic carbocycles. The van der Waals surface area contributed by atoms with Gasteiger partial charge in [0.05, 0.1) is 5.69 Å². The molecule has 1 aromatic rings. The quantitative estimate of drug-likeness (QED) is 0.802. The summed E-state index contributed by atoms with van der Waals surface area (Å²) in [5, 5.41) is 9.03. The molecule has 0 atom stereocenters. The fourth-order valence-corrected chi connectivity index (χ4v) is 1.15. The molecular weight excluding hydrogens is 222 g/mol. The van der Waals surface area contributed by atoms with Crippen LogP contribution in [0.5, 0.6) is 0 Å². The summed E-state index contributed by atoms with van der Waals surface area (Å²) in [7, 11) is 1.41. The Morgan fingerprint density at radius 2 is 2.06 bits per heavy atom. The molecule has 0 saturated carbocycles. The number of nitrogens with zero attached hydrogens (tertiary/aromatic N) is 2. The highest BCUT2D eigenvalue weighted by Crippen LogP contribution is 2.17. The lowest BCUT2D eigenvalue weighted by Crippen LogP contribution is -2.51. The van der Waals surface area contributed by atoms with Crippen molar-refractivity contribution < 1.29 is 14.7 Å². The smallest absolute Gasteiger partial charge is 0.329 e. The van der Waals surface area contributed by atoms with Gasteiger partial charge in [-0.05, 0) is 26.0 Å². The molecule has 1 amide bonds. The Bertz CT molecular complexity index is 457. The summed E-state index contributed by atoms with van der Waals surface area (Å²) >= 11 is 0. The fourth-order valence-electron chi connectivity index (χ4n) is 1.15. The zero-order valence-electron chi connectivity index (χ0n) is 9.97. The molecule has 0 aliphatic rings. The van der Waals surface area contributed by atoms with Crippen molar-refractivity contribution in [3.63, 3.8) is 0 Å². The molecule has 6 nitrogen and oxygen atoms in total. The maximum Gasteiger partial charge on any atom is 0.329 e. The molecule has 0 spiro atoms. The van der Waals surface area contributed by atoms with Gasteiger partial charge < -0.3 is 15.7 Å². The van der Waals surface area contributed by atoms with E-state index >= 15 is 0 Å². The number of nitrogens with two attached hydrogens (primary N) is 1. The third-order valence-electron chi connectivity index (χ3n) is 2.71. The van der Waals surface area contributed by atoms with Gasteiger partial charge >= 0.3 is 5.97 Å². The number of carbonyl (C=O) groups excluding carboxylic acids is 1. The molecule has 1 aromatic heterocycles. The molecule has 92 valence electrons. The van der Waals surface area contributed by atoms with E-state index in [1.165, 1.54) is 27.1 Å². The minimum absolute atomic E-state index is 0.0596. The maximum atomic E-state index is 12.0. The van der Waals surface area contributed by atoms with Crippen LogP contribution in [-0.4, -0.2) is 39.5 Å². The van der Waals surface area contributed by atoms with Crippen LogP contribution in [0.25, 0.3) is 0 Å². The zero-order valence-corrected chi connectivity index (χ0v) is 9.97. The monoisotopic (exact) mass is 237 g/mol. The Hall–Kier alpha value is -2.11. The van der Waals surface area contributed by atoms with Crippen LogP contribution in [-0.2, 0) is 4.79 Å². The first-order valence-electron chi connectivity index (χ1n) is 5.00. The van der Waals surface area contributed by atoms with E-state index in [4.69, 9.17) is 10.8 Å². The van der Waals surface area contributed by atoms with Crippen LogP contribution in [0.3, 0.4) is 0 Å². The number of amides is 1. The van der Waals surface area contributed by atoms with Gasteiger partial charge in [0.15, 0.2) is 5.69 Å². The van der Waals surface area contributed by atoms with Crippen molar-refractivity contribution in [1.29, 1.82) is 0 Å². The van der Waals surface area contributed by atoms with Crippen molar-refractivity contribution in [3.8, 4) is 0 Å². The third kappa shape index (κ3) is 2.35. The van der Waals surface area contributed by atoms with Crippen LogP contribution in [0, 0.1) is 0 Å². The minimum atomic E-state index is -1.32. The van der Waals surface area contributed by atoms with E-state index in [-0.39, 0.29) is 11.4 Å². The van der Waals surface area contributed by atoms with Crippen molar-refractivity contribution in [2.45, 2.75) is 19.4 Å². The number of aliphatic carboxylic acids is 1. The number of carboxylic acid groups (broad SMARTS) is 1. The maximum absolute atomic E-state index is 12.0. The molecule has 0 fully saturated rings. The number of rotatable bonds is 3. The molecule has 0 bridgehead atoms. The molecule has 0 aliphatic heterocycles.